The predicted octanol–water partition coefficient (Wildman–Crippen LogP) is 9.52. The molecule has 1 nitrogen and oxygen atoms in total. The molecule has 0 aliphatic carbocycles. The van der Waals surface area contributed by atoms with Gasteiger partial charge in [0.15, 0.2) is 0 Å². The Balaban J connectivity index is 1.59. The summed E-state index contributed by atoms with van der Waals surface area (Å²) in [7, 11) is 0. The summed E-state index contributed by atoms with van der Waals surface area (Å²) >= 11 is 3.80. The van der Waals surface area contributed by atoms with Gasteiger partial charge in [-0.3, -0.25) is 0 Å². The summed E-state index contributed by atoms with van der Waals surface area (Å²) < 4.78 is 7.90. The molecule has 3 heteroatoms. The molecular weight excluding hydrogens is 438 g/mol. The summed E-state index contributed by atoms with van der Waals surface area (Å²) in [5, 5.41) is 8.06. The Kier molecular flexibility index (Phi) is 3.48. The smallest absolute Gasteiger partial charge is 0.0640 e. The second kappa shape index (κ2) is 6.44. The Morgan fingerprint density at radius 1 is 0.424 bits per heavy atom. The standard InChI is InChI=1S/C30H17NS2/c1-4-12-23-22(10-1)28-24(17-16-21-19-9-3-6-15-27(19)33-30(21)28)31(23)25-13-7-11-20-18-8-2-5-14-26(18)32-29(20)25/h1-17H. The van der Waals surface area contributed by atoms with E-state index in [0.29, 0.717) is 0 Å². The van der Waals surface area contributed by atoms with Gasteiger partial charge in [0, 0.05) is 46.4 Å². The number of fused-ring (bicyclic) bond motifs is 10. The second-order valence-corrected chi connectivity index (χ2v) is 10.6. The zero-order valence-electron chi connectivity index (χ0n) is 17.6. The van der Waals surface area contributed by atoms with Gasteiger partial charge in [-0.25, -0.2) is 0 Å². The molecule has 3 heterocycles. The lowest BCUT2D eigenvalue weighted by atomic mass is 10.1. The molecule has 154 valence electrons. The maximum atomic E-state index is 2.48. The van der Waals surface area contributed by atoms with Crippen LogP contribution in [0.4, 0.5) is 0 Å². The Hall–Kier alpha value is -3.66. The number of benzene rings is 5. The van der Waals surface area contributed by atoms with Crippen molar-refractivity contribution in [1.82, 2.24) is 4.57 Å². The van der Waals surface area contributed by atoms with E-state index in [-0.39, 0.29) is 0 Å². The molecule has 3 aromatic heterocycles. The third-order valence-corrected chi connectivity index (χ3v) is 9.22. The lowest BCUT2D eigenvalue weighted by molar-refractivity contribution is 1.20. The molecule has 0 atom stereocenters. The Morgan fingerprint density at radius 3 is 1.82 bits per heavy atom. The molecule has 0 saturated carbocycles. The van der Waals surface area contributed by atoms with Crippen molar-refractivity contribution in [2.45, 2.75) is 0 Å². The first-order chi connectivity index (χ1) is 16.4. The van der Waals surface area contributed by atoms with Crippen LogP contribution in [0.5, 0.6) is 0 Å². The highest BCUT2D eigenvalue weighted by atomic mass is 32.1. The van der Waals surface area contributed by atoms with Gasteiger partial charge < -0.3 is 4.57 Å². The first-order valence-corrected chi connectivity index (χ1v) is 12.8. The van der Waals surface area contributed by atoms with E-state index in [9.17, 15) is 0 Å². The van der Waals surface area contributed by atoms with Crippen LogP contribution in [0.15, 0.2) is 103 Å². The van der Waals surface area contributed by atoms with Crippen LogP contribution in [0.3, 0.4) is 0 Å². The number of thiophene rings is 2. The molecule has 0 unspecified atom stereocenters. The molecule has 8 rings (SSSR count). The summed E-state index contributed by atoms with van der Waals surface area (Å²) in [6.07, 6.45) is 0. The third kappa shape index (κ3) is 2.31. The summed E-state index contributed by atoms with van der Waals surface area (Å²) in [5.41, 5.74) is 3.81. The molecule has 0 saturated heterocycles. The molecule has 0 aliphatic heterocycles. The van der Waals surface area contributed by atoms with Crippen molar-refractivity contribution in [2.24, 2.45) is 0 Å². The van der Waals surface area contributed by atoms with Crippen LogP contribution in [0.25, 0.3) is 67.8 Å². The van der Waals surface area contributed by atoms with Gasteiger partial charge in [0.2, 0.25) is 0 Å². The van der Waals surface area contributed by atoms with E-state index in [2.05, 4.69) is 108 Å². The van der Waals surface area contributed by atoms with Gasteiger partial charge in [-0.1, -0.05) is 72.8 Å². The van der Waals surface area contributed by atoms with E-state index in [0.717, 1.165) is 0 Å². The first-order valence-electron chi connectivity index (χ1n) is 11.1. The molecule has 0 bridgehead atoms. The second-order valence-electron chi connectivity index (χ2n) is 8.54. The van der Waals surface area contributed by atoms with Crippen molar-refractivity contribution in [2.75, 3.05) is 0 Å². The normalized spacial score (nSPS) is 12.2. The highest BCUT2D eigenvalue weighted by Crippen LogP contribution is 2.45. The van der Waals surface area contributed by atoms with Crippen LogP contribution >= 0.6 is 22.7 Å². The van der Waals surface area contributed by atoms with Gasteiger partial charge in [0.1, 0.15) is 0 Å². The molecule has 0 N–H and O–H groups in total. The zero-order valence-corrected chi connectivity index (χ0v) is 19.2. The first kappa shape index (κ1) is 17.8. The highest BCUT2D eigenvalue weighted by Gasteiger charge is 2.19. The van der Waals surface area contributed by atoms with E-state index in [1.165, 1.54) is 67.8 Å². The topological polar surface area (TPSA) is 4.93 Å². The minimum absolute atomic E-state index is 1.26. The van der Waals surface area contributed by atoms with E-state index in [1.807, 2.05) is 22.7 Å². The van der Waals surface area contributed by atoms with Crippen molar-refractivity contribution < 1.29 is 0 Å². The van der Waals surface area contributed by atoms with Crippen LogP contribution in [0, 0.1) is 0 Å². The van der Waals surface area contributed by atoms with Gasteiger partial charge in [0.05, 0.1) is 21.4 Å². The molecule has 8 aromatic rings. The highest BCUT2D eigenvalue weighted by molar-refractivity contribution is 7.27. The SMILES string of the molecule is c1ccc2c(c1)sc1c(-n3c4ccccc4c4c5sc6ccccc6c5ccc43)cccc12. The molecule has 0 spiro atoms. The number of hydrogen-bond acceptors (Lipinski definition) is 2. The number of para-hydroxylation sites is 1. The zero-order chi connectivity index (χ0) is 21.5. The van der Waals surface area contributed by atoms with Crippen molar-refractivity contribution in [3.63, 3.8) is 0 Å². The van der Waals surface area contributed by atoms with Gasteiger partial charge in [-0.05, 0) is 30.3 Å². The Morgan fingerprint density at radius 2 is 1.03 bits per heavy atom. The molecule has 33 heavy (non-hydrogen) atoms. The van der Waals surface area contributed by atoms with Crippen LogP contribution in [0.2, 0.25) is 0 Å². The van der Waals surface area contributed by atoms with Crippen LogP contribution in [0.1, 0.15) is 0 Å². The van der Waals surface area contributed by atoms with Crippen molar-refractivity contribution >= 4 is 84.8 Å². The third-order valence-electron chi connectivity index (χ3n) is 6.80. The fourth-order valence-electron chi connectivity index (χ4n) is 5.40. The largest absolute Gasteiger partial charge is 0.308 e. The minimum Gasteiger partial charge on any atom is -0.308 e. The lowest BCUT2D eigenvalue weighted by Gasteiger charge is -2.09. The minimum atomic E-state index is 1.26. The average Bonchev–Trinajstić information content (AvgIpc) is 3.53. The predicted molar refractivity (Wildman–Crippen MR) is 147 cm³/mol. The summed E-state index contributed by atoms with van der Waals surface area (Å²) in [4.78, 5) is 0. The maximum absolute atomic E-state index is 2.48. The fraction of sp³-hybridized carbons (Fsp3) is 0. The van der Waals surface area contributed by atoms with E-state index in [4.69, 9.17) is 0 Å². The number of hydrogen-bond donors (Lipinski definition) is 0. The fourth-order valence-corrected chi connectivity index (χ4v) is 7.87. The summed E-state index contributed by atoms with van der Waals surface area (Å²) in [6, 6.07) is 37.8. The van der Waals surface area contributed by atoms with Crippen molar-refractivity contribution in [3.05, 3.63) is 103 Å². The van der Waals surface area contributed by atoms with Crippen LogP contribution in [-0.2, 0) is 0 Å². The Bertz CT molecular complexity index is 2030. The van der Waals surface area contributed by atoms with Gasteiger partial charge in [0.25, 0.3) is 0 Å². The van der Waals surface area contributed by atoms with Gasteiger partial charge in [-0.2, -0.15) is 0 Å². The number of aromatic nitrogens is 1. The van der Waals surface area contributed by atoms with Crippen LogP contribution < -0.4 is 0 Å². The molecule has 0 amide bonds. The molecule has 0 aliphatic rings. The van der Waals surface area contributed by atoms with Crippen molar-refractivity contribution in [1.29, 1.82) is 0 Å². The monoisotopic (exact) mass is 455 g/mol. The Labute approximate surface area is 197 Å². The molecular formula is C30H17NS2. The average molecular weight is 456 g/mol. The number of rotatable bonds is 1. The number of nitrogens with zero attached hydrogens (tertiary/aromatic N) is 1. The van der Waals surface area contributed by atoms with E-state index in [1.54, 1.807) is 0 Å². The lowest BCUT2D eigenvalue weighted by Crippen LogP contribution is -1.93. The van der Waals surface area contributed by atoms with E-state index >= 15 is 0 Å². The quantitative estimate of drug-likeness (QED) is 0.232. The van der Waals surface area contributed by atoms with Crippen molar-refractivity contribution in [3.8, 4) is 5.69 Å². The summed E-state index contributed by atoms with van der Waals surface area (Å²) in [5.74, 6) is 0. The van der Waals surface area contributed by atoms with E-state index < -0.39 is 0 Å². The summed E-state index contributed by atoms with van der Waals surface area (Å²) in [6.45, 7) is 0. The maximum Gasteiger partial charge on any atom is 0.0640 e. The van der Waals surface area contributed by atoms with Crippen LogP contribution in [-0.4, -0.2) is 4.57 Å². The van der Waals surface area contributed by atoms with Gasteiger partial charge >= 0.3 is 0 Å². The molecule has 0 fully saturated rings. The molecule has 5 aromatic carbocycles. The molecule has 0 radical (unpaired) electrons. The van der Waals surface area contributed by atoms with Gasteiger partial charge in [-0.15, -0.1) is 22.7 Å².